The first-order valence-electron chi connectivity index (χ1n) is 6.96. The maximum Gasteiger partial charge on any atom is 0.0826 e. The summed E-state index contributed by atoms with van der Waals surface area (Å²) in [5, 5.41) is 11.8. The summed E-state index contributed by atoms with van der Waals surface area (Å²) in [5.74, 6) is 0.784. The smallest absolute Gasteiger partial charge is 0.0826 e. The van der Waals surface area contributed by atoms with Crippen molar-refractivity contribution in [2.24, 2.45) is 17.3 Å². The van der Waals surface area contributed by atoms with E-state index in [-0.39, 0.29) is 11.3 Å². The van der Waals surface area contributed by atoms with Gasteiger partial charge in [-0.1, -0.05) is 62.9 Å². The molecule has 1 nitrogen and oxygen atoms in total. The molecule has 0 heterocycles. The Balaban J connectivity index is 2.30. The van der Waals surface area contributed by atoms with E-state index in [1.54, 1.807) is 12.1 Å². The number of rotatable bonds is 2. The van der Waals surface area contributed by atoms with Crippen LogP contribution < -0.4 is 0 Å². The van der Waals surface area contributed by atoms with E-state index in [2.05, 4.69) is 20.8 Å². The fourth-order valence-electron chi connectivity index (χ4n) is 3.64. The van der Waals surface area contributed by atoms with Gasteiger partial charge in [-0.05, 0) is 41.4 Å². The molecule has 1 saturated carbocycles. The van der Waals surface area contributed by atoms with Crippen LogP contribution in [0.1, 0.15) is 51.7 Å². The molecule has 0 aliphatic heterocycles. The van der Waals surface area contributed by atoms with Crippen molar-refractivity contribution in [1.29, 1.82) is 0 Å². The van der Waals surface area contributed by atoms with Crippen molar-refractivity contribution in [2.75, 3.05) is 0 Å². The SMILES string of the molecule is C[C@H]1CCCC(C)(C)[C@H]1C(O)c1ccc(Cl)c(Cl)c1. The molecular weight excluding hydrogens is 279 g/mol. The minimum Gasteiger partial charge on any atom is -0.388 e. The quantitative estimate of drug-likeness (QED) is 0.766. The Morgan fingerprint density at radius 3 is 2.53 bits per heavy atom. The van der Waals surface area contributed by atoms with Gasteiger partial charge in [-0.2, -0.15) is 0 Å². The molecule has 2 rings (SSSR count). The van der Waals surface area contributed by atoms with Crippen molar-refractivity contribution in [3.8, 4) is 0 Å². The van der Waals surface area contributed by atoms with E-state index in [0.29, 0.717) is 16.0 Å². The third-order valence-corrected chi connectivity index (χ3v) is 5.36. The van der Waals surface area contributed by atoms with Crippen molar-refractivity contribution in [1.82, 2.24) is 0 Å². The molecule has 1 unspecified atom stereocenters. The molecule has 1 aliphatic rings. The molecule has 0 bridgehead atoms. The first-order valence-corrected chi connectivity index (χ1v) is 7.71. The monoisotopic (exact) mass is 300 g/mol. The van der Waals surface area contributed by atoms with Crippen LogP contribution in [0.2, 0.25) is 10.0 Å². The highest BCUT2D eigenvalue weighted by Crippen LogP contribution is 2.49. The maximum absolute atomic E-state index is 10.8. The summed E-state index contributed by atoms with van der Waals surface area (Å²) >= 11 is 12.0. The number of benzene rings is 1. The summed E-state index contributed by atoms with van der Waals surface area (Å²) in [5.41, 5.74) is 1.03. The molecule has 1 aliphatic carbocycles. The number of hydrogen-bond donors (Lipinski definition) is 1. The molecule has 1 aromatic rings. The normalized spacial score (nSPS) is 28.1. The molecule has 3 heteroatoms. The summed E-state index contributed by atoms with van der Waals surface area (Å²) in [7, 11) is 0. The number of aliphatic hydroxyl groups excluding tert-OH is 1. The summed E-state index contributed by atoms with van der Waals surface area (Å²) in [6.45, 7) is 6.76. The van der Waals surface area contributed by atoms with Crippen LogP contribution in [0, 0.1) is 17.3 Å². The van der Waals surface area contributed by atoms with Crippen LogP contribution in [0.15, 0.2) is 18.2 Å². The second-order valence-corrected chi connectivity index (χ2v) is 7.32. The van der Waals surface area contributed by atoms with Crippen molar-refractivity contribution in [3.05, 3.63) is 33.8 Å². The van der Waals surface area contributed by atoms with Crippen LogP contribution in [0.5, 0.6) is 0 Å². The second-order valence-electron chi connectivity index (χ2n) is 6.50. The first kappa shape index (κ1) is 15.2. The Morgan fingerprint density at radius 1 is 1.26 bits per heavy atom. The predicted molar refractivity (Wildman–Crippen MR) is 81.7 cm³/mol. The minimum atomic E-state index is -0.472. The third-order valence-electron chi connectivity index (χ3n) is 4.62. The minimum absolute atomic E-state index is 0.156. The summed E-state index contributed by atoms with van der Waals surface area (Å²) in [6, 6.07) is 5.45. The highest BCUT2D eigenvalue weighted by Gasteiger charge is 2.41. The number of aliphatic hydroxyl groups is 1. The largest absolute Gasteiger partial charge is 0.388 e. The zero-order valence-electron chi connectivity index (χ0n) is 11.8. The molecule has 1 fully saturated rings. The van der Waals surface area contributed by atoms with Crippen LogP contribution in [-0.2, 0) is 0 Å². The summed E-state index contributed by atoms with van der Waals surface area (Å²) in [4.78, 5) is 0. The molecule has 0 radical (unpaired) electrons. The Morgan fingerprint density at radius 2 is 1.95 bits per heavy atom. The molecule has 1 aromatic carbocycles. The number of halogens is 2. The summed E-state index contributed by atoms with van der Waals surface area (Å²) in [6.07, 6.45) is 3.13. The Bertz CT molecular complexity index is 456. The van der Waals surface area contributed by atoms with Gasteiger partial charge in [0.15, 0.2) is 0 Å². The van der Waals surface area contributed by atoms with Gasteiger partial charge in [-0.3, -0.25) is 0 Å². The zero-order chi connectivity index (χ0) is 14.2. The topological polar surface area (TPSA) is 20.2 Å². The average Bonchev–Trinajstić information content (AvgIpc) is 2.31. The fourth-order valence-corrected chi connectivity index (χ4v) is 3.94. The van der Waals surface area contributed by atoms with Gasteiger partial charge in [-0.25, -0.2) is 0 Å². The lowest BCUT2D eigenvalue weighted by molar-refractivity contribution is -0.0292. The number of hydrogen-bond acceptors (Lipinski definition) is 1. The van der Waals surface area contributed by atoms with Crippen LogP contribution in [0.25, 0.3) is 0 Å². The average molecular weight is 301 g/mol. The molecule has 0 amide bonds. The molecule has 3 atom stereocenters. The summed E-state index contributed by atoms with van der Waals surface area (Å²) < 4.78 is 0. The van der Waals surface area contributed by atoms with E-state index in [4.69, 9.17) is 23.2 Å². The highest BCUT2D eigenvalue weighted by molar-refractivity contribution is 6.42. The molecule has 106 valence electrons. The van der Waals surface area contributed by atoms with Gasteiger partial charge in [0.2, 0.25) is 0 Å². The Labute approximate surface area is 125 Å². The fraction of sp³-hybridized carbons (Fsp3) is 0.625. The van der Waals surface area contributed by atoms with Crippen molar-refractivity contribution >= 4 is 23.2 Å². The molecule has 0 aromatic heterocycles. The first-order chi connectivity index (χ1) is 8.83. The molecule has 19 heavy (non-hydrogen) atoms. The van der Waals surface area contributed by atoms with Crippen molar-refractivity contribution in [3.63, 3.8) is 0 Å². The standard InChI is InChI=1S/C16H22Cl2O/c1-10-5-4-8-16(2,3)14(10)15(19)11-6-7-12(17)13(18)9-11/h6-7,9-10,14-15,19H,4-5,8H2,1-3H3/t10-,14+,15?/m0/s1. The molecule has 1 N–H and O–H groups in total. The van der Waals surface area contributed by atoms with E-state index in [9.17, 15) is 5.11 Å². The highest BCUT2D eigenvalue weighted by atomic mass is 35.5. The van der Waals surface area contributed by atoms with E-state index in [0.717, 1.165) is 5.56 Å². The van der Waals surface area contributed by atoms with Crippen LogP contribution in [0.3, 0.4) is 0 Å². The van der Waals surface area contributed by atoms with Crippen LogP contribution >= 0.6 is 23.2 Å². The molecular formula is C16H22Cl2O. The van der Waals surface area contributed by atoms with Gasteiger partial charge in [0.05, 0.1) is 16.1 Å². The zero-order valence-corrected chi connectivity index (χ0v) is 13.3. The van der Waals surface area contributed by atoms with Gasteiger partial charge < -0.3 is 5.11 Å². The van der Waals surface area contributed by atoms with E-state index < -0.39 is 6.10 Å². The lowest BCUT2D eigenvalue weighted by Gasteiger charge is -2.45. The molecule has 0 saturated heterocycles. The van der Waals surface area contributed by atoms with E-state index in [1.807, 2.05) is 6.07 Å². The third kappa shape index (κ3) is 3.09. The second kappa shape index (κ2) is 5.63. The van der Waals surface area contributed by atoms with Gasteiger partial charge in [-0.15, -0.1) is 0 Å². The lowest BCUT2D eigenvalue weighted by Crippen LogP contribution is -2.37. The van der Waals surface area contributed by atoms with Crippen LogP contribution in [-0.4, -0.2) is 5.11 Å². The Kier molecular flexibility index (Phi) is 4.49. The van der Waals surface area contributed by atoms with E-state index in [1.165, 1.54) is 19.3 Å². The van der Waals surface area contributed by atoms with Gasteiger partial charge >= 0.3 is 0 Å². The van der Waals surface area contributed by atoms with E-state index >= 15 is 0 Å². The van der Waals surface area contributed by atoms with Crippen molar-refractivity contribution in [2.45, 2.75) is 46.1 Å². The Hall–Kier alpha value is -0.240. The van der Waals surface area contributed by atoms with Gasteiger partial charge in [0.25, 0.3) is 0 Å². The van der Waals surface area contributed by atoms with Crippen molar-refractivity contribution < 1.29 is 5.11 Å². The lowest BCUT2D eigenvalue weighted by atomic mass is 9.61. The van der Waals surface area contributed by atoms with Gasteiger partial charge in [0.1, 0.15) is 0 Å². The predicted octanol–water partition coefficient (Wildman–Crippen LogP) is 5.49. The maximum atomic E-state index is 10.8. The van der Waals surface area contributed by atoms with Crippen LogP contribution in [0.4, 0.5) is 0 Å². The van der Waals surface area contributed by atoms with Gasteiger partial charge in [0, 0.05) is 0 Å². The molecule has 0 spiro atoms.